The van der Waals surface area contributed by atoms with Crippen molar-refractivity contribution in [2.24, 2.45) is 5.14 Å². The van der Waals surface area contributed by atoms with Crippen molar-refractivity contribution < 1.29 is 18.1 Å². The first kappa shape index (κ1) is 21.0. The monoisotopic (exact) mass is 420 g/mol. The topological polar surface area (TPSA) is 128 Å². The van der Waals surface area contributed by atoms with Gasteiger partial charge in [-0.05, 0) is 38.1 Å². The predicted octanol–water partition coefficient (Wildman–Crippen LogP) is 2.50. The van der Waals surface area contributed by atoms with Gasteiger partial charge in [-0.15, -0.1) is 0 Å². The number of sulfonamides is 1. The quantitative estimate of drug-likeness (QED) is 0.496. The summed E-state index contributed by atoms with van der Waals surface area (Å²) in [4.78, 5) is 12.4. The molecule has 0 amide bonds. The van der Waals surface area contributed by atoms with Crippen LogP contribution in [0.4, 0.5) is 11.4 Å². The van der Waals surface area contributed by atoms with E-state index in [0.29, 0.717) is 6.54 Å². The number of likely N-dealkylation sites (tertiary alicyclic amines) is 1. The molecule has 0 bridgehead atoms. The van der Waals surface area contributed by atoms with Crippen LogP contribution in [0.1, 0.15) is 24.4 Å². The maximum absolute atomic E-state index is 12.0. The van der Waals surface area contributed by atoms with E-state index >= 15 is 0 Å². The van der Waals surface area contributed by atoms with E-state index in [1.54, 1.807) is 7.11 Å². The van der Waals surface area contributed by atoms with E-state index in [2.05, 4.69) is 10.2 Å². The summed E-state index contributed by atoms with van der Waals surface area (Å²) >= 11 is 0. The van der Waals surface area contributed by atoms with E-state index in [4.69, 9.17) is 9.88 Å². The van der Waals surface area contributed by atoms with E-state index in [9.17, 15) is 18.5 Å². The minimum atomic E-state index is -4.14. The van der Waals surface area contributed by atoms with Crippen molar-refractivity contribution in [1.82, 2.24) is 4.90 Å². The molecule has 0 saturated carbocycles. The number of nitrogens with zero attached hydrogens (tertiary/aromatic N) is 2. The Balaban J connectivity index is 1.93. The largest absolute Gasteiger partial charge is 0.496 e. The fraction of sp³-hybridized carbons (Fsp3) is 0.368. The number of methoxy groups -OCH3 is 1. The Morgan fingerprint density at radius 1 is 1.24 bits per heavy atom. The second-order valence-corrected chi connectivity index (χ2v) is 8.39. The number of rotatable bonds is 8. The lowest BCUT2D eigenvalue weighted by Gasteiger charge is -2.30. The molecular weight excluding hydrogens is 396 g/mol. The lowest BCUT2D eigenvalue weighted by molar-refractivity contribution is -0.385. The summed E-state index contributed by atoms with van der Waals surface area (Å²) in [7, 11) is -2.53. The van der Waals surface area contributed by atoms with E-state index < -0.39 is 14.9 Å². The molecule has 0 radical (unpaired) electrons. The summed E-state index contributed by atoms with van der Waals surface area (Å²) in [6.45, 7) is 2.24. The van der Waals surface area contributed by atoms with Crippen LogP contribution in [-0.4, -0.2) is 45.0 Å². The van der Waals surface area contributed by atoms with Crippen LogP contribution in [0.15, 0.2) is 47.4 Å². The van der Waals surface area contributed by atoms with Gasteiger partial charge in [-0.25, -0.2) is 13.6 Å². The number of para-hydroxylation sites is 1. The molecule has 3 rings (SSSR count). The van der Waals surface area contributed by atoms with E-state index in [0.717, 1.165) is 43.3 Å². The summed E-state index contributed by atoms with van der Waals surface area (Å²) in [5, 5.41) is 19.4. The molecule has 1 atom stereocenters. The van der Waals surface area contributed by atoms with Crippen LogP contribution in [0.25, 0.3) is 0 Å². The molecular formula is C19H24N4O5S. The van der Waals surface area contributed by atoms with Gasteiger partial charge < -0.3 is 10.1 Å². The molecule has 1 saturated heterocycles. The summed E-state index contributed by atoms with van der Waals surface area (Å²) in [6, 6.07) is 11.3. The number of non-ortho nitro benzene ring substituents is 1. The highest BCUT2D eigenvalue weighted by Gasteiger charge is 2.27. The molecule has 0 aliphatic carbocycles. The van der Waals surface area contributed by atoms with Crippen LogP contribution >= 0.6 is 0 Å². The molecule has 0 spiro atoms. The third-order valence-corrected chi connectivity index (χ3v) is 6.00. The van der Waals surface area contributed by atoms with Crippen molar-refractivity contribution >= 4 is 21.4 Å². The average molecular weight is 420 g/mol. The van der Waals surface area contributed by atoms with Crippen molar-refractivity contribution in [3.8, 4) is 5.75 Å². The number of ether oxygens (including phenoxy) is 1. The predicted molar refractivity (Wildman–Crippen MR) is 110 cm³/mol. The highest BCUT2D eigenvalue weighted by atomic mass is 32.2. The highest BCUT2D eigenvalue weighted by Crippen LogP contribution is 2.33. The zero-order valence-corrected chi connectivity index (χ0v) is 16.9. The maximum Gasteiger partial charge on any atom is 0.270 e. The van der Waals surface area contributed by atoms with Gasteiger partial charge in [0.05, 0.1) is 23.8 Å². The molecule has 3 N–H and O–H groups in total. The molecule has 1 fully saturated rings. The van der Waals surface area contributed by atoms with E-state index in [1.807, 2.05) is 24.3 Å². The lowest BCUT2D eigenvalue weighted by Crippen LogP contribution is -2.31. The molecule has 29 heavy (non-hydrogen) atoms. The zero-order chi connectivity index (χ0) is 21.0. The van der Waals surface area contributed by atoms with Crippen molar-refractivity contribution in [3.63, 3.8) is 0 Å². The number of nitro groups is 1. The molecule has 0 aromatic heterocycles. The van der Waals surface area contributed by atoms with Gasteiger partial charge in [0.2, 0.25) is 10.0 Å². The first-order valence-electron chi connectivity index (χ1n) is 9.23. The minimum Gasteiger partial charge on any atom is -0.496 e. The van der Waals surface area contributed by atoms with Crippen molar-refractivity contribution in [3.05, 3.63) is 58.1 Å². The van der Waals surface area contributed by atoms with Crippen molar-refractivity contribution in [1.29, 1.82) is 0 Å². The van der Waals surface area contributed by atoms with Crippen LogP contribution in [-0.2, 0) is 10.0 Å². The zero-order valence-electron chi connectivity index (χ0n) is 16.1. The summed E-state index contributed by atoms with van der Waals surface area (Å²) in [5.74, 6) is 0.751. The molecule has 2 aromatic rings. The minimum absolute atomic E-state index is 0.0582. The van der Waals surface area contributed by atoms with Crippen LogP contribution in [0, 0.1) is 10.1 Å². The number of nitro benzene ring substituents is 1. The number of hydrogen-bond donors (Lipinski definition) is 2. The van der Waals surface area contributed by atoms with Gasteiger partial charge in [0, 0.05) is 24.2 Å². The van der Waals surface area contributed by atoms with Crippen LogP contribution in [0.2, 0.25) is 0 Å². The van der Waals surface area contributed by atoms with Crippen molar-refractivity contribution in [2.45, 2.75) is 23.8 Å². The van der Waals surface area contributed by atoms with Gasteiger partial charge in [0.25, 0.3) is 5.69 Å². The Labute approximate surface area is 169 Å². The van der Waals surface area contributed by atoms with Gasteiger partial charge in [-0.1, -0.05) is 18.2 Å². The molecule has 1 aliphatic heterocycles. The molecule has 10 heteroatoms. The third-order valence-electron chi connectivity index (χ3n) is 5.05. The van der Waals surface area contributed by atoms with Gasteiger partial charge in [0.1, 0.15) is 10.6 Å². The second kappa shape index (κ2) is 8.76. The molecule has 1 heterocycles. The number of hydrogen-bond acceptors (Lipinski definition) is 7. The summed E-state index contributed by atoms with van der Waals surface area (Å²) in [5.41, 5.74) is 0.890. The molecule has 156 valence electrons. The van der Waals surface area contributed by atoms with Gasteiger partial charge >= 0.3 is 0 Å². The van der Waals surface area contributed by atoms with Gasteiger partial charge in [0.15, 0.2) is 0 Å². The van der Waals surface area contributed by atoms with Crippen LogP contribution in [0.5, 0.6) is 5.75 Å². The molecule has 9 nitrogen and oxygen atoms in total. The standard InChI is InChI=1S/C19H24N4O5S/c1-28-18-7-3-2-6-15(18)17(22-10-4-5-11-22)13-21-16-9-8-14(23(24)25)12-19(16)29(20,26)27/h2-3,6-9,12,17,21H,4-5,10-11,13H2,1H3,(H2,20,26,27)/t17-/m0/s1. The normalized spacial score (nSPS) is 15.8. The summed E-state index contributed by atoms with van der Waals surface area (Å²) in [6.07, 6.45) is 2.18. The van der Waals surface area contributed by atoms with Gasteiger partial charge in [-0.2, -0.15) is 0 Å². The van der Waals surface area contributed by atoms with Crippen molar-refractivity contribution in [2.75, 3.05) is 32.1 Å². The van der Waals surface area contributed by atoms with E-state index in [-0.39, 0.29) is 22.3 Å². The second-order valence-electron chi connectivity index (χ2n) is 6.86. The number of nitrogens with two attached hydrogens (primary N) is 1. The number of nitrogens with one attached hydrogen (secondary N) is 1. The molecule has 2 aromatic carbocycles. The number of anilines is 1. The third kappa shape index (κ3) is 4.84. The lowest BCUT2D eigenvalue weighted by atomic mass is 10.0. The molecule has 1 aliphatic rings. The fourth-order valence-electron chi connectivity index (χ4n) is 3.64. The Morgan fingerprint density at radius 3 is 2.55 bits per heavy atom. The van der Waals surface area contributed by atoms with Gasteiger partial charge in [-0.3, -0.25) is 15.0 Å². The number of primary sulfonamides is 1. The fourth-order valence-corrected chi connectivity index (χ4v) is 4.38. The number of benzene rings is 2. The first-order chi connectivity index (χ1) is 13.8. The first-order valence-corrected chi connectivity index (χ1v) is 10.8. The van der Waals surface area contributed by atoms with Crippen LogP contribution in [0.3, 0.4) is 0 Å². The smallest absolute Gasteiger partial charge is 0.270 e. The Morgan fingerprint density at radius 2 is 1.93 bits per heavy atom. The SMILES string of the molecule is COc1ccccc1[C@H](CNc1ccc([N+](=O)[O-])cc1S(N)(=O)=O)N1CCCC1. The highest BCUT2D eigenvalue weighted by molar-refractivity contribution is 7.89. The van der Waals surface area contributed by atoms with Crippen LogP contribution < -0.4 is 15.2 Å². The average Bonchev–Trinajstić information content (AvgIpc) is 3.22. The van der Waals surface area contributed by atoms with E-state index in [1.165, 1.54) is 12.1 Å². The molecule has 0 unspecified atom stereocenters. The Hall–Kier alpha value is -2.69. The maximum atomic E-state index is 12.0. The summed E-state index contributed by atoms with van der Waals surface area (Å²) < 4.78 is 29.5. The Bertz CT molecular complexity index is 990. The Kier molecular flexibility index (Phi) is 6.36.